The quantitative estimate of drug-likeness (QED) is 0.489. The molecule has 0 spiro atoms. The molecule has 0 bridgehead atoms. The van der Waals surface area contributed by atoms with Gasteiger partial charge in [-0.2, -0.15) is 5.10 Å². The van der Waals surface area contributed by atoms with Gasteiger partial charge >= 0.3 is 0 Å². The third kappa shape index (κ3) is 3.48. The largest absolute Gasteiger partial charge is 0.284 e. The monoisotopic (exact) mass is 321 g/mol. The highest BCUT2D eigenvalue weighted by molar-refractivity contribution is 7.07. The van der Waals surface area contributed by atoms with Crippen LogP contribution in [0.25, 0.3) is 16.9 Å². The van der Waals surface area contributed by atoms with Crippen molar-refractivity contribution in [3.8, 4) is 16.9 Å². The average Bonchev–Trinajstić information content (AvgIpc) is 2.98. The van der Waals surface area contributed by atoms with Gasteiger partial charge in [-0.3, -0.25) is 4.57 Å². The molecule has 3 rings (SSSR count). The summed E-state index contributed by atoms with van der Waals surface area (Å²) in [5.41, 5.74) is 5.57. The first kappa shape index (κ1) is 15.4. The molecule has 0 aliphatic rings. The van der Waals surface area contributed by atoms with Crippen LogP contribution >= 0.6 is 11.3 Å². The number of aromatic nitrogens is 1. The van der Waals surface area contributed by atoms with E-state index < -0.39 is 0 Å². The SMILES string of the molecule is CC(C)=N/N=c1\scc(-c2ccccc2)n1-c1ccc(C)cc1. The Balaban J connectivity index is 2.24. The fourth-order valence-corrected chi connectivity index (χ4v) is 3.13. The zero-order valence-corrected chi connectivity index (χ0v) is 14.3. The van der Waals surface area contributed by atoms with E-state index in [2.05, 4.69) is 75.6 Å². The predicted molar refractivity (Wildman–Crippen MR) is 98.2 cm³/mol. The van der Waals surface area contributed by atoms with Crippen molar-refractivity contribution in [1.29, 1.82) is 0 Å². The van der Waals surface area contributed by atoms with Crippen molar-refractivity contribution in [3.05, 3.63) is 70.3 Å². The van der Waals surface area contributed by atoms with Crippen LogP contribution in [0.3, 0.4) is 0 Å². The fourth-order valence-electron chi connectivity index (χ4n) is 2.28. The molecule has 1 heterocycles. The molecular formula is C19H19N3S. The molecule has 0 aliphatic heterocycles. The molecule has 1 aromatic heterocycles. The van der Waals surface area contributed by atoms with Gasteiger partial charge in [0.05, 0.1) is 5.69 Å². The van der Waals surface area contributed by atoms with Gasteiger partial charge in [-0.25, -0.2) is 0 Å². The van der Waals surface area contributed by atoms with Crippen LogP contribution < -0.4 is 4.80 Å². The second-order valence-electron chi connectivity index (χ2n) is 5.59. The highest BCUT2D eigenvalue weighted by atomic mass is 32.1. The Kier molecular flexibility index (Phi) is 4.53. The number of thiazole rings is 1. The number of hydrogen-bond donors (Lipinski definition) is 0. The van der Waals surface area contributed by atoms with Crippen molar-refractivity contribution < 1.29 is 0 Å². The van der Waals surface area contributed by atoms with E-state index >= 15 is 0 Å². The van der Waals surface area contributed by atoms with E-state index in [1.165, 1.54) is 11.1 Å². The topological polar surface area (TPSA) is 29.6 Å². The maximum absolute atomic E-state index is 4.42. The summed E-state index contributed by atoms with van der Waals surface area (Å²) in [6, 6.07) is 18.8. The number of rotatable bonds is 3. The van der Waals surface area contributed by atoms with E-state index in [0.717, 1.165) is 21.9 Å². The van der Waals surface area contributed by atoms with Crippen molar-refractivity contribution in [1.82, 2.24) is 4.57 Å². The van der Waals surface area contributed by atoms with E-state index in [-0.39, 0.29) is 0 Å². The molecule has 116 valence electrons. The third-order valence-electron chi connectivity index (χ3n) is 3.41. The minimum atomic E-state index is 0.869. The second kappa shape index (κ2) is 6.75. The minimum Gasteiger partial charge on any atom is -0.284 e. The molecule has 0 N–H and O–H groups in total. The lowest BCUT2D eigenvalue weighted by atomic mass is 10.1. The molecule has 3 nitrogen and oxygen atoms in total. The molecule has 0 amide bonds. The summed E-state index contributed by atoms with van der Waals surface area (Å²) in [6.07, 6.45) is 0. The zero-order valence-electron chi connectivity index (χ0n) is 13.5. The highest BCUT2D eigenvalue weighted by Gasteiger charge is 2.09. The summed E-state index contributed by atoms with van der Waals surface area (Å²) in [4.78, 5) is 0.869. The minimum absolute atomic E-state index is 0.869. The van der Waals surface area contributed by atoms with Crippen LogP contribution in [0.1, 0.15) is 19.4 Å². The van der Waals surface area contributed by atoms with Crippen LogP contribution in [0.2, 0.25) is 0 Å². The van der Waals surface area contributed by atoms with Crippen molar-refractivity contribution >= 4 is 17.0 Å². The van der Waals surface area contributed by atoms with Gasteiger partial charge in [-0.1, -0.05) is 48.0 Å². The molecule has 23 heavy (non-hydrogen) atoms. The smallest absolute Gasteiger partial charge is 0.215 e. The predicted octanol–water partition coefficient (Wildman–Crippen LogP) is 4.81. The summed E-state index contributed by atoms with van der Waals surface area (Å²) >= 11 is 1.60. The van der Waals surface area contributed by atoms with Gasteiger partial charge in [-0.15, -0.1) is 16.4 Å². The Morgan fingerprint density at radius 1 is 0.957 bits per heavy atom. The van der Waals surface area contributed by atoms with Crippen LogP contribution in [-0.2, 0) is 0 Å². The molecule has 0 radical (unpaired) electrons. The summed E-state index contributed by atoms with van der Waals surface area (Å²) < 4.78 is 2.16. The molecule has 0 saturated carbocycles. The summed E-state index contributed by atoms with van der Waals surface area (Å²) in [5, 5.41) is 10.8. The molecule has 0 unspecified atom stereocenters. The Morgan fingerprint density at radius 2 is 1.65 bits per heavy atom. The Morgan fingerprint density at radius 3 is 2.30 bits per heavy atom. The number of aryl methyl sites for hydroxylation is 1. The second-order valence-corrected chi connectivity index (χ2v) is 6.42. The van der Waals surface area contributed by atoms with Crippen LogP contribution in [-0.4, -0.2) is 10.3 Å². The van der Waals surface area contributed by atoms with Gasteiger partial charge in [-0.05, 0) is 38.5 Å². The average molecular weight is 321 g/mol. The van der Waals surface area contributed by atoms with Crippen molar-refractivity contribution in [2.45, 2.75) is 20.8 Å². The maximum atomic E-state index is 4.42. The van der Waals surface area contributed by atoms with Gasteiger partial charge in [0.25, 0.3) is 0 Å². The first-order valence-electron chi connectivity index (χ1n) is 7.53. The van der Waals surface area contributed by atoms with Crippen LogP contribution in [0, 0.1) is 6.92 Å². The summed E-state index contributed by atoms with van der Waals surface area (Å²) in [7, 11) is 0. The van der Waals surface area contributed by atoms with Crippen molar-refractivity contribution in [3.63, 3.8) is 0 Å². The van der Waals surface area contributed by atoms with Gasteiger partial charge < -0.3 is 0 Å². The van der Waals surface area contributed by atoms with Gasteiger partial charge in [0, 0.05) is 16.8 Å². The van der Waals surface area contributed by atoms with E-state index in [9.17, 15) is 0 Å². The lowest BCUT2D eigenvalue weighted by Crippen LogP contribution is -2.13. The summed E-state index contributed by atoms with van der Waals surface area (Å²) in [5.74, 6) is 0. The van der Waals surface area contributed by atoms with E-state index in [4.69, 9.17) is 0 Å². The normalized spacial score (nSPS) is 11.5. The number of nitrogens with zero attached hydrogens (tertiary/aromatic N) is 3. The Labute approximate surface area is 140 Å². The molecular weight excluding hydrogens is 302 g/mol. The standard InChI is InChI=1S/C19H19N3S/c1-14(2)20-21-19-22(17-11-9-15(3)10-12-17)18(13-23-19)16-7-5-4-6-8-16/h4-13H,1-3H3/b21-19-. The molecule has 0 atom stereocenters. The third-order valence-corrected chi connectivity index (χ3v) is 4.22. The summed E-state index contributed by atoms with van der Waals surface area (Å²) in [6.45, 7) is 5.99. The Bertz CT molecular complexity index is 880. The Hall–Kier alpha value is -2.46. The number of hydrogen-bond acceptors (Lipinski definition) is 3. The van der Waals surface area contributed by atoms with Gasteiger partial charge in [0.15, 0.2) is 0 Å². The molecule has 0 fully saturated rings. The molecule has 2 aromatic carbocycles. The first-order valence-corrected chi connectivity index (χ1v) is 8.41. The first-order chi connectivity index (χ1) is 11.1. The van der Waals surface area contributed by atoms with E-state index in [1.807, 2.05) is 19.9 Å². The van der Waals surface area contributed by atoms with E-state index in [1.54, 1.807) is 11.3 Å². The molecule has 4 heteroatoms. The van der Waals surface area contributed by atoms with Crippen LogP contribution in [0.4, 0.5) is 0 Å². The van der Waals surface area contributed by atoms with Crippen LogP contribution in [0.15, 0.2) is 70.2 Å². The van der Waals surface area contributed by atoms with Crippen LogP contribution in [0.5, 0.6) is 0 Å². The highest BCUT2D eigenvalue weighted by Crippen LogP contribution is 2.23. The zero-order chi connectivity index (χ0) is 16.2. The lowest BCUT2D eigenvalue weighted by Gasteiger charge is -2.09. The fraction of sp³-hybridized carbons (Fsp3) is 0.158. The van der Waals surface area contributed by atoms with E-state index in [0.29, 0.717) is 0 Å². The lowest BCUT2D eigenvalue weighted by molar-refractivity contribution is 0.968. The molecule has 0 saturated heterocycles. The van der Waals surface area contributed by atoms with Crippen molar-refractivity contribution in [2.75, 3.05) is 0 Å². The maximum Gasteiger partial charge on any atom is 0.215 e. The van der Waals surface area contributed by atoms with Gasteiger partial charge in [0.1, 0.15) is 0 Å². The van der Waals surface area contributed by atoms with Crippen molar-refractivity contribution in [2.24, 2.45) is 10.2 Å². The molecule has 3 aromatic rings. The number of benzene rings is 2. The molecule has 0 aliphatic carbocycles. The van der Waals surface area contributed by atoms with Gasteiger partial charge in [0.2, 0.25) is 4.80 Å².